The summed E-state index contributed by atoms with van der Waals surface area (Å²) < 4.78 is 0. The zero-order chi connectivity index (χ0) is 7.68. The predicted molar refractivity (Wildman–Crippen MR) is 43.4 cm³/mol. The summed E-state index contributed by atoms with van der Waals surface area (Å²) in [5.41, 5.74) is 0.826. The van der Waals surface area contributed by atoms with Gasteiger partial charge in [0.2, 0.25) is 0 Å². The second kappa shape index (κ2) is 9.93. The number of hydrogen-bond donors (Lipinski definition) is 1. The Morgan fingerprint density at radius 3 is 2.33 bits per heavy atom. The van der Waals surface area contributed by atoms with Crippen LogP contribution in [0.5, 0.6) is 5.75 Å². The molecule has 0 spiro atoms. The van der Waals surface area contributed by atoms with Crippen LogP contribution < -0.4 is 50.9 Å². The molecule has 1 aromatic carbocycles. The monoisotopic (exact) mass is 562 g/mol. The number of halogens is 3. The number of phenolic OH excluding ortho intramolecular Hbond substituents is 1. The minimum atomic E-state index is 0. The van der Waals surface area contributed by atoms with Crippen LogP contribution in [-0.2, 0) is 25.8 Å². The van der Waals surface area contributed by atoms with Crippen molar-refractivity contribution in [3.63, 3.8) is 0 Å². The van der Waals surface area contributed by atoms with E-state index in [1.807, 2.05) is 18.2 Å². The van der Waals surface area contributed by atoms with E-state index in [1.165, 1.54) is 0 Å². The van der Waals surface area contributed by atoms with Crippen LogP contribution in [0.2, 0.25) is 0 Å². The first kappa shape index (κ1) is 21.1. The second-order valence-corrected chi connectivity index (χ2v) is 2.38. The molecule has 0 bridgehead atoms. The Bertz CT molecular complexity index is 400. The van der Waals surface area contributed by atoms with Gasteiger partial charge < -0.3 is 56.1 Å². The van der Waals surface area contributed by atoms with E-state index in [1.54, 1.807) is 18.3 Å². The van der Waals surface area contributed by atoms with Gasteiger partial charge in [0.15, 0.2) is 0 Å². The number of aromatic hydroxyl groups is 1. The maximum absolute atomic E-state index is 9.09. The molecule has 0 aliphatic carbocycles. The van der Waals surface area contributed by atoms with Crippen molar-refractivity contribution in [1.29, 1.82) is 0 Å². The fraction of sp³-hybridized carbons (Fsp3) is 0. The molecule has 0 amide bonds. The van der Waals surface area contributed by atoms with E-state index in [-0.39, 0.29) is 82.5 Å². The summed E-state index contributed by atoms with van der Waals surface area (Å²) in [6.07, 6.45) is 1.71. The van der Waals surface area contributed by atoms with Crippen molar-refractivity contribution in [3.05, 3.63) is 36.5 Å². The summed E-state index contributed by atoms with van der Waals surface area (Å²) in [4.78, 5) is 4.08. The van der Waals surface area contributed by atoms with E-state index < -0.39 is 0 Å². The van der Waals surface area contributed by atoms with E-state index in [9.17, 15) is 0 Å². The molecule has 1 heterocycles. The Labute approximate surface area is 139 Å². The van der Waals surface area contributed by atoms with Crippen LogP contribution in [0.4, 0.5) is 0 Å². The van der Waals surface area contributed by atoms with Crippen molar-refractivity contribution in [2.45, 2.75) is 0 Å². The summed E-state index contributed by atoms with van der Waals surface area (Å²) in [6, 6.07) is 8.98. The van der Waals surface area contributed by atoms with Gasteiger partial charge in [0.05, 0.1) is 5.52 Å². The number of rotatable bonds is 0. The number of pyridine rings is 1. The van der Waals surface area contributed by atoms with E-state index in [0.717, 1.165) is 10.9 Å². The Morgan fingerprint density at radius 1 is 1.00 bits per heavy atom. The van der Waals surface area contributed by atoms with Gasteiger partial charge in [0, 0.05) is 43.5 Å². The molecule has 0 radical (unpaired) electrons. The molecule has 0 aliphatic heterocycles. The van der Waals surface area contributed by atoms with Crippen LogP contribution in [0, 0.1) is 0 Å². The fourth-order valence-electron chi connectivity index (χ4n) is 1.05. The summed E-state index contributed by atoms with van der Waals surface area (Å²) in [5.74, 6) is 0.260. The van der Waals surface area contributed by atoms with Crippen LogP contribution in [0.25, 0.3) is 10.9 Å². The molecule has 2 rings (SSSR count). The summed E-state index contributed by atoms with van der Waals surface area (Å²) in [6.45, 7) is 0. The van der Waals surface area contributed by atoms with E-state index in [2.05, 4.69) is 4.98 Å². The van der Waals surface area contributed by atoms with Crippen molar-refractivity contribution in [3.8, 4) is 5.75 Å². The molecule has 0 atom stereocenters. The molecule has 0 fully saturated rings. The molecular weight excluding hydrogens is 556 g/mol. The van der Waals surface area contributed by atoms with Gasteiger partial charge in [-0.05, 0) is 18.2 Å². The summed E-state index contributed by atoms with van der Waals surface area (Å²) in [7, 11) is 0. The Morgan fingerprint density at radius 2 is 1.67 bits per heavy atom. The summed E-state index contributed by atoms with van der Waals surface area (Å²) in [5, 5.41) is 10.1. The van der Waals surface area contributed by atoms with E-state index in [0.29, 0.717) is 0 Å². The van der Waals surface area contributed by atoms with Crippen molar-refractivity contribution in [1.82, 2.24) is 4.98 Å². The second-order valence-electron chi connectivity index (χ2n) is 2.38. The molecule has 82 valence electrons. The first-order valence-corrected chi connectivity index (χ1v) is 3.40. The fourth-order valence-corrected chi connectivity index (χ4v) is 1.05. The quantitative estimate of drug-likeness (QED) is 0.324. The van der Waals surface area contributed by atoms with Gasteiger partial charge in [-0.25, -0.2) is 0 Å². The van der Waals surface area contributed by atoms with Gasteiger partial charge in [-0.15, -0.1) is 0 Å². The topological polar surface area (TPSA) is 33.1 Å². The molecule has 15 heavy (non-hydrogen) atoms. The van der Waals surface area contributed by atoms with Crippen molar-refractivity contribution in [2.75, 3.05) is 0 Å². The Kier molecular flexibility index (Phi) is 13.9. The van der Waals surface area contributed by atoms with Crippen molar-refractivity contribution >= 4 is 10.9 Å². The van der Waals surface area contributed by atoms with Gasteiger partial charge in [-0.1, -0.05) is 6.07 Å². The molecule has 1 N–H and O–H groups in total. The first-order chi connectivity index (χ1) is 5.36. The van der Waals surface area contributed by atoms with Gasteiger partial charge in [0.1, 0.15) is 5.75 Å². The van der Waals surface area contributed by atoms with Crippen LogP contribution >= 0.6 is 0 Å². The normalized spacial score (nSPS) is 7.47. The molecule has 2 nitrogen and oxygen atoms in total. The van der Waals surface area contributed by atoms with Gasteiger partial charge in [-0.2, -0.15) is 0 Å². The Hall–Kier alpha value is 0.740. The number of fused-ring (bicyclic) bond motifs is 1. The van der Waals surface area contributed by atoms with Crippen LogP contribution in [0.15, 0.2) is 36.5 Å². The zero-order valence-corrected chi connectivity index (χ0v) is 15.8. The Balaban J connectivity index is -0.000000360. The van der Waals surface area contributed by atoms with Crippen LogP contribution in [-0.4, -0.2) is 10.1 Å². The molecule has 0 saturated carbocycles. The SMILES string of the molecule is Oc1ccc2cccnc2c1.[Br-].[Br-].[Br-].[Hf]. The number of hydrogen-bond acceptors (Lipinski definition) is 2. The zero-order valence-electron chi connectivity index (χ0n) is 7.49. The molecule has 1 aromatic heterocycles. The van der Waals surface area contributed by atoms with Crippen molar-refractivity contribution in [2.24, 2.45) is 0 Å². The summed E-state index contributed by atoms with van der Waals surface area (Å²) >= 11 is 0. The third kappa shape index (κ3) is 5.56. The maximum atomic E-state index is 9.09. The van der Waals surface area contributed by atoms with Crippen molar-refractivity contribution < 1.29 is 81.9 Å². The number of aromatic nitrogens is 1. The smallest absolute Gasteiger partial charge is 0.117 e. The minimum absolute atomic E-state index is 0. The molecule has 0 aliphatic rings. The molecule has 2 aromatic rings. The van der Waals surface area contributed by atoms with Gasteiger partial charge in [0.25, 0.3) is 0 Å². The third-order valence-electron chi connectivity index (χ3n) is 1.59. The maximum Gasteiger partial charge on any atom is 0.117 e. The standard InChI is InChI=1S/C9H7NO.3BrH.Hf/c11-8-4-3-7-2-1-5-10-9(7)6-8;;;;/h1-6,11H;3*1H;/p-3. The minimum Gasteiger partial charge on any atom is -1.00 e. The van der Waals surface area contributed by atoms with E-state index >= 15 is 0 Å². The molecule has 6 heteroatoms. The number of benzene rings is 1. The van der Waals surface area contributed by atoms with Gasteiger partial charge in [-0.3, -0.25) is 4.98 Å². The molecule has 0 saturated heterocycles. The van der Waals surface area contributed by atoms with Crippen LogP contribution in [0.1, 0.15) is 0 Å². The number of phenols is 1. The molecular formula is C9H7Br3HfNO-3. The average Bonchev–Trinajstić information content (AvgIpc) is 2.04. The molecule has 0 unspecified atom stereocenters. The largest absolute Gasteiger partial charge is 1.00 e. The average molecular weight is 563 g/mol. The predicted octanol–water partition coefficient (Wildman–Crippen LogP) is -7.05. The van der Waals surface area contributed by atoms with E-state index in [4.69, 9.17) is 5.11 Å². The first-order valence-electron chi connectivity index (χ1n) is 3.40. The number of nitrogens with zero attached hydrogens (tertiary/aromatic N) is 1. The third-order valence-corrected chi connectivity index (χ3v) is 1.59. The van der Waals surface area contributed by atoms with Gasteiger partial charge >= 0.3 is 0 Å². The van der Waals surface area contributed by atoms with Crippen LogP contribution in [0.3, 0.4) is 0 Å².